The van der Waals surface area contributed by atoms with Gasteiger partial charge in [0.15, 0.2) is 0 Å². The van der Waals surface area contributed by atoms with Crippen LogP contribution in [0.2, 0.25) is 0 Å². The lowest BCUT2D eigenvalue weighted by Crippen LogP contribution is -2.17. The van der Waals surface area contributed by atoms with Crippen molar-refractivity contribution in [3.63, 3.8) is 0 Å². The van der Waals surface area contributed by atoms with Gasteiger partial charge >= 0.3 is 0 Å². The molecule has 8 aromatic rings. The summed E-state index contributed by atoms with van der Waals surface area (Å²) in [4.78, 5) is 18.0. The molecule has 2 unspecified atom stereocenters. The van der Waals surface area contributed by atoms with Crippen molar-refractivity contribution in [3.05, 3.63) is 156 Å². The molecule has 270 valence electrons. The topological polar surface area (TPSA) is 74.1 Å². The van der Waals surface area contributed by atoms with E-state index in [9.17, 15) is 0 Å². The quantitative estimate of drug-likeness (QED) is 0.154. The molecular formula is C47H42N8. The van der Waals surface area contributed by atoms with Gasteiger partial charge in [0, 0.05) is 72.5 Å². The number of likely N-dealkylation sites (N-methyl/N-ethyl adjacent to an activating group) is 2. The van der Waals surface area contributed by atoms with Gasteiger partial charge < -0.3 is 20.4 Å². The first kappa shape index (κ1) is 33.2. The molecule has 2 atom stereocenters. The second-order valence-corrected chi connectivity index (χ2v) is 14.7. The molecule has 10 rings (SSSR count). The maximum absolute atomic E-state index is 4.66. The largest absolute Gasteiger partial charge is 0.345 e. The SMILES string of the molecule is CNCC1c2ccccc2-c2ccc(N(C)c3ccc4c5ccc(N(C)c6ccc7c(c6)C(CNC)c6ccccc6-7)cc5n(-c5ncncn5)c4c3)cc21. The second-order valence-electron chi connectivity index (χ2n) is 14.7. The van der Waals surface area contributed by atoms with Crippen LogP contribution >= 0.6 is 0 Å². The van der Waals surface area contributed by atoms with E-state index in [1.165, 1.54) is 44.5 Å². The van der Waals surface area contributed by atoms with Crippen LogP contribution in [-0.2, 0) is 0 Å². The van der Waals surface area contributed by atoms with E-state index in [1.807, 2.05) is 14.1 Å². The van der Waals surface area contributed by atoms with Crippen LogP contribution < -0.4 is 20.4 Å². The zero-order valence-corrected chi connectivity index (χ0v) is 31.5. The molecular weight excluding hydrogens is 677 g/mol. The maximum atomic E-state index is 4.66. The molecule has 0 fully saturated rings. The average Bonchev–Trinajstić information content (AvgIpc) is 3.85. The van der Waals surface area contributed by atoms with Gasteiger partial charge in [0.1, 0.15) is 12.7 Å². The Labute approximate surface area is 321 Å². The number of benzene rings is 6. The van der Waals surface area contributed by atoms with Crippen LogP contribution in [0.3, 0.4) is 0 Å². The summed E-state index contributed by atoms with van der Waals surface area (Å²) in [6, 6.07) is 44.8. The highest BCUT2D eigenvalue weighted by Gasteiger charge is 2.30. The second kappa shape index (κ2) is 13.2. The predicted octanol–water partition coefficient (Wildman–Crippen LogP) is 9.17. The first-order valence-corrected chi connectivity index (χ1v) is 19.0. The van der Waals surface area contributed by atoms with Crippen molar-refractivity contribution in [1.82, 2.24) is 30.2 Å². The standard InChI is InChI=1S/C47H42N8/c1-48-25-43-35-11-7-5-9-33(35)37-17-13-29(21-41(37)43)53(3)31-15-19-39-40-20-16-32(24-46(40)55(45(39)23-31)47-51-27-50-28-52-47)54(4)30-14-18-38-34-10-6-8-12-36(34)44(26-49-2)42(38)22-30/h5-24,27-28,43-44,48-49H,25-26H2,1-4H3. The van der Waals surface area contributed by atoms with E-state index in [4.69, 9.17) is 0 Å². The van der Waals surface area contributed by atoms with Crippen molar-refractivity contribution in [1.29, 1.82) is 0 Å². The van der Waals surface area contributed by atoms with Crippen molar-refractivity contribution in [2.75, 3.05) is 51.1 Å². The first-order chi connectivity index (χ1) is 27.0. The van der Waals surface area contributed by atoms with Crippen molar-refractivity contribution in [2.45, 2.75) is 11.8 Å². The van der Waals surface area contributed by atoms with E-state index in [2.05, 4.69) is 175 Å². The minimum atomic E-state index is 0.314. The minimum absolute atomic E-state index is 0.314. The fraction of sp³-hybridized carbons (Fsp3) is 0.170. The van der Waals surface area contributed by atoms with Crippen LogP contribution in [0.1, 0.15) is 34.1 Å². The van der Waals surface area contributed by atoms with Crippen LogP contribution in [0.25, 0.3) is 50.0 Å². The van der Waals surface area contributed by atoms with Gasteiger partial charge in [0.25, 0.3) is 0 Å². The van der Waals surface area contributed by atoms with Gasteiger partial charge in [-0.15, -0.1) is 0 Å². The molecule has 8 heteroatoms. The number of hydrogen-bond acceptors (Lipinski definition) is 7. The Balaban J connectivity index is 1.05. The highest BCUT2D eigenvalue weighted by Crippen LogP contribution is 2.48. The van der Waals surface area contributed by atoms with Crippen LogP contribution in [-0.4, -0.2) is 60.8 Å². The Morgan fingerprint density at radius 3 is 1.40 bits per heavy atom. The number of anilines is 4. The summed E-state index contributed by atoms with van der Waals surface area (Å²) in [5.74, 6) is 1.22. The van der Waals surface area contributed by atoms with Gasteiger partial charge in [-0.3, -0.25) is 4.57 Å². The van der Waals surface area contributed by atoms with E-state index in [0.717, 1.165) is 57.6 Å². The highest BCUT2D eigenvalue weighted by molar-refractivity contribution is 6.11. The fourth-order valence-corrected chi connectivity index (χ4v) is 9.13. The molecule has 0 aliphatic heterocycles. The smallest absolute Gasteiger partial charge is 0.237 e. The van der Waals surface area contributed by atoms with Crippen molar-refractivity contribution < 1.29 is 0 Å². The zero-order valence-electron chi connectivity index (χ0n) is 31.5. The lowest BCUT2D eigenvalue weighted by atomic mass is 9.96. The Hall–Kier alpha value is -6.35. The van der Waals surface area contributed by atoms with Gasteiger partial charge in [-0.25, -0.2) is 15.0 Å². The predicted molar refractivity (Wildman–Crippen MR) is 226 cm³/mol. The molecule has 6 aromatic carbocycles. The normalized spacial score (nSPS) is 15.2. The van der Waals surface area contributed by atoms with Crippen LogP contribution in [0.4, 0.5) is 22.7 Å². The van der Waals surface area contributed by atoms with Gasteiger partial charge in [-0.2, -0.15) is 0 Å². The van der Waals surface area contributed by atoms with Gasteiger partial charge in [-0.1, -0.05) is 72.8 Å². The van der Waals surface area contributed by atoms with Crippen molar-refractivity contribution in [3.8, 4) is 28.2 Å². The number of hydrogen-bond donors (Lipinski definition) is 2. The highest BCUT2D eigenvalue weighted by atomic mass is 15.2. The van der Waals surface area contributed by atoms with E-state index >= 15 is 0 Å². The van der Waals surface area contributed by atoms with Gasteiger partial charge in [0.2, 0.25) is 5.95 Å². The molecule has 0 saturated carbocycles. The number of nitrogens with one attached hydrogen (secondary N) is 2. The average molecular weight is 719 g/mol. The third kappa shape index (κ3) is 5.24. The molecule has 55 heavy (non-hydrogen) atoms. The molecule has 0 bridgehead atoms. The number of nitrogens with zero attached hydrogens (tertiary/aromatic N) is 6. The van der Waals surface area contributed by atoms with E-state index < -0.39 is 0 Å². The molecule has 2 aliphatic rings. The van der Waals surface area contributed by atoms with Crippen molar-refractivity contribution >= 4 is 44.6 Å². The molecule has 2 aliphatic carbocycles. The van der Waals surface area contributed by atoms with Crippen molar-refractivity contribution in [2.24, 2.45) is 0 Å². The van der Waals surface area contributed by atoms with E-state index in [1.54, 1.807) is 12.7 Å². The molecule has 8 nitrogen and oxygen atoms in total. The number of fused-ring (bicyclic) bond motifs is 9. The summed E-state index contributed by atoms with van der Waals surface area (Å²) in [7, 11) is 8.37. The van der Waals surface area contributed by atoms with Crippen LogP contribution in [0, 0.1) is 0 Å². The molecule has 2 aromatic heterocycles. The molecule has 0 amide bonds. The van der Waals surface area contributed by atoms with Crippen LogP contribution in [0.5, 0.6) is 0 Å². The van der Waals surface area contributed by atoms with E-state index in [-0.39, 0.29) is 0 Å². The summed E-state index contributed by atoms with van der Waals surface area (Å²) in [6.45, 7) is 1.79. The number of rotatable bonds is 9. The lowest BCUT2D eigenvalue weighted by molar-refractivity contribution is 0.720. The van der Waals surface area contributed by atoms with Crippen LogP contribution in [0.15, 0.2) is 134 Å². The van der Waals surface area contributed by atoms with Gasteiger partial charge in [-0.05, 0) is 107 Å². The summed E-state index contributed by atoms with van der Waals surface area (Å²) < 4.78 is 2.17. The zero-order chi connectivity index (χ0) is 37.2. The van der Waals surface area contributed by atoms with E-state index in [0.29, 0.717) is 17.8 Å². The fourth-order valence-electron chi connectivity index (χ4n) is 9.13. The summed E-state index contributed by atoms with van der Waals surface area (Å²) >= 11 is 0. The molecule has 2 heterocycles. The first-order valence-electron chi connectivity index (χ1n) is 19.0. The maximum Gasteiger partial charge on any atom is 0.237 e. The molecule has 2 N–H and O–H groups in total. The molecule has 0 spiro atoms. The third-order valence-electron chi connectivity index (χ3n) is 11.9. The molecule has 0 radical (unpaired) electrons. The Morgan fingerprint density at radius 1 is 0.509 bits per heavy atom. The molecule has 0 saturated heterocycles. The Bertz CT molecular complexity index is 2590. The number of aromatic nitrogens is 4. The summed E-state index contributed by atoms with van der Waals surface area (Å²) in [5.41, 5.74) is 17.3. The summed E-state index contributed by atoms with van der Waals surface area (Å²) in [6.07, 6.45) is 3.14. The monoisotopic (exact) mass is 718 g/mol. The third-order valence-corrected chi connectivity index (χ3v) is 11.9. The Kier molecular flexibility index (Phi) is 7.97. The minimum Gasteiger partial charge on any atom is -0.345 e. The van der Waals surface area contributed by atoms with Gasteiger partial charge in [0.05, 0.1) is 11.0 Å². The Morgan fingerprint density at radius 2 is 0.927 bits per heavy atom. The summed E-state index contributed by atoms with van der Waals surface area (Å²) in [5, 5.41) is 9.14. The lowest BCUT2D eigenvalue weighted by Gasteiger charge is -2.22.